The van der Waals surface area contributed by atoms with E-state index >= 15 is 0 Å². The van der Waals surface area contributed by atoms with Crippen LogP contribution >= 0.6 is 0 Å². The summed E-state index contributed by atoms with van der Waals surface area (Å²) in [6.45, 7) is 1.12. The number of rotatable bonds is 9. The molecule has 5 rings (SSSR count). The van der Waals surface area contributed by atoms with Crippen LogP contribution in [0.15, 0.2) is 84.9 Å². The minimum Gasteiger partial charge on any atom is -0.489 e. The molecule has 3 aromatic carbocycles. The minimum absolute atomic E-state index is 0.262. The van der Waals surface area contributed by atoms with Crippen LogP contribution in [0.5, 0.6) is 17.2 Å². The van der Waals surface area contributed by atoms with E-state index in [0.717, 1.165) is 39.4 Å². The van der Waals surface area contributed by atoms with Crippen molar-refractivity contribution in [2.24, 2.45) is 0 Å². The van der Waals surface area contributed by atoms with E-state index in [1.165, 1.54) is 0 Å². The van der Waals surface area contributed by atoms with Crippen LogP contribution in [0.2, 0.25) is 0 Å². The van der Waals surface area contributed by atoms with Crippen molar-refractivity contribution in [3.8, 4) is 17.2 Å². The number of para-hydroxylation sites is 1. The van der Waals surface area contributed by atoms with Gasteiger partial charge in [-0.05, 0) is 54.1 Å². The average Bonchev–Trinajstić information content (AvgIpc) is 3.40. The molecule has 0 aliphatic carbocycles. The predicted molar refractivity (Wildman–Crippen MR) is 122 cm³/mol. The van der Waals surface area contributed by atoms with Gasteiger partial charge in [0.05, 0.1) is 11.2 Å². The number of fused-ring (bicyclic) bond motifs is 1. The lowest BCUT2D eigenvalue weighted by molar-refractivity contribution is 0.291. The summed E-state index contributed by atoms with van der Waals surface area (Å²) in [5.74, 6) is 2.76. The molecule has 0 unspecified atom stereocenters. The maximum atomic E-state index is 5.88. The van der Waals surface area contributed by atoms with Crippen molar-refractivity contribution in [1.29, 1.82) is 0 Å². The van der Waals surface area contributed by atoms with Crippen LogP contribution in [0.1, 0.15) is 17.1 Å². The molecule has 8 heteroatoms. The third-order valence-electron chi connectivity index (χ3n) is 4.95. The molecule has 0 aliphatic rings. The number of benzene rings is 3. The van der Waals surface area contributed by atoms with Crippen molar-refractivity contribution in [1.82, 2.24) is 25.6 Å². The summed E-state index contributed by atoms with van der Waals surface area (Å²) in [6, 6.07) is 27.4. The third kappa shape index (κ3) is 5.43. The van der Waals surface area contributed by atoms with Crippen LogP contribution in [0.3, 0.4) is 0 Å². The Bertz CT molecular complexity index is 1310. The fourth-order valence-electron chi connectivity index (χ4n) is 3.22. The van der Waals surface area contributed by atoms with Crippen molar-refractivity contribution in [3.05, 3.63) is 102 Å². The van der Waals surface area contributed by atoms with Crippen molar-refractivity contribution >= 4 is 10.9 Å². The third-order valence-corrected chi connectivity index (χ3v) is 4.95. The average molecular weight is 439 g/mol. The van der Waals surface area contributed by atoms with E-state index in [0.29, 0.717) is 19.0 Å². The van der Waals surface area contributed by atoms with Crippen LogP contribution in [-0.4, -0.2) is 25.6 Å². The smallest absolute Gasteiger partial charge is 0.211 e. The Hall–Kier alpha value is -4.46. The monoisotopic (exact) mass is 439 g/mol. The summed E-state index contributed by atoms with van der Waals surface area (Å²) in [6.07, 6.45) is 0. The molecule has 0 fully saturated rings. The van der Waals surface area contributed by atoms with Gasteiger partial charge in [0.1, 0.15) is 30.5 Å². The molecule has 1 N–H and O–H groups in total. The highest BCUT2D eigenvalue weighted by atomic mass is 16.5. The molecule has 8 nitrogen and oxygen atoms in total. The van der Waals surface area contributed by atoms with Gasteiger partial charge >= 0.3 is 0 Å². The first-order chi connectivity index (χ1) is 16.3. The van der Waals surface area contributed by atoms with Gasteiger partial charge < -0.3 is 14.2 Å². The molecule has 5 aromatic rings. The molecule has 0 atom stereocenters. The SMILES string of the molecule is c1ccc2nc(COc3ccc(OCc4ccc(OCc5nn[nH]n5)cc4)cc3)ccc2c1. The highest BCUT2D eigenvalue weighted by Crippen LogP contribution is 2.21. The fourth-order valence-corrected chi connectivity index (χ4v) is 3.22. The summed E-state index contributed by atoms with van der Waals surface area (Å²) in [4.78, 5) is 4.63. The summed E-state index contributed by atoms with van der Waals surface area (Å²) in [5, 5.41) is 14.7. The number of tetrazole rings is 1. The van der Waals surface area contributed by atoms with E-state index in [9.17, 15) is 0 Å². The number of hydrogen-bond acceptors (Lipinski definition) is 7. The maximum absolute atomic E-state index is 5.88. The summed E-state index contributed by atoms with van der Waals surface area (Å²) in [7, 11) is 0. The molecular formula is C25H21N5O3. The number of H-pyrrole nitrogens is 1. The van der Waals surface area contributed by atoms with E-state index in [2.05, 4.69) is 31.7 Å². The van der Waals surface area contributed by atoms with Crippen molar-refractivity contribution in [2.75, 3.05) is 0 Å². The van der Waals surface area contributed by atoms with Gasteiger partial charge in [0.2, 0.25) is 5.82 Å². The van der Waals surface area contributed by atoms with E-state index in [1.807, 2.05) is 78.9 Å². The van der Waals surface area contributed by atoms with Gasteiger partial charge in [-0.1, -0.05) is 41.6 Å². The van der Waals surface area contributed by atoms with Crippen LogP contribution in [0, 0.1) is 0 Å². The van der Waals surface area contributed by atoms with E-state index in [1.54, 1.807) is 0 Å². The van der Waals surface area contributed by atoms with Gasteiger partial charge in [-0.2, -0.15) is 5.21 Å². The first-order valence-corrected chi connectivity index (χ1v) is 10.5. The Morgan fingerprint density at radius 2 is 1.30 bits per heavy atom. The Morgan fingerprint density at radius 3 is 2.03 bits per heavy atom. The Morgan fingerprint density at radius 1 is 0.636 bits per heavy atom. The molecule has 33 heavy (non-hydrogen) atoms. The Balaban J connectivity index is 1.10. The molecule has 0 saturated heterocycles. The lowest BCUT2D eigenvalue weighted by Crippen LogP contribution is -1.99. The number of ether oxygens (including phenoxy) is 3. The zero-order valence-electron chi connectivity index (χ0n) is 17.7. The topological polar surface area (TPSA) is 95.0 Å². The fraction of sp³-hybridized carbons (Fsp3) is 0.120. The van der Waals surface area contributed by atoms with Gasteiger partial charge in [-0.3, -0.25) is 0 Å². The second kappa shape index (κ2) is 9.78. The van der Waals surface area contributed by atoms with Crippen LogP contribution < -0.4 is 14.2 Å². The number of nitrogens with zero attached hydrogens (tertiary/aromatic N) is 4. The molecule has 0 radical (unpaired) electrons. The molecule has 2 heterocycles. The molecule has 0 amide bonds. The van der Waals surface area contributed by atoms with Gasteiger partial charge in [-0.25, -0.2) is 4.98 Å². The molecule has 0 aliphatic heterocycles. The molecule has 0 spiro atoms. The lowest BCUT2D eigenvalue weighted by Gasteiger charge is -2.10. The highest BCUT2D eigenvalue weighted by Gasteiger charge is 2.03. The highest BCUT2D eigenvalue weighted by molar-refractivity contribution is 5.78. The lowest BCUT2D eigenvalue weighted by atomic mass is 10.2. The van der Waals surface area contributed by atoms with Gasteiger partial charge in [0.25, 0.3) is 0 Å². The predicted octanol–water partition coefficient (Wildman–Crippen LogP) is 4.48. The van der Waals surface area contributed by atoms with Gasteiger partial charge in [0.15, 0.2) is 6.61 Å². The summed E-state index contributed by atoms with van der Waals surface area (Å²) >= 11 is 0. The summed E-state index contributed by atoms with van der Waals surface area (Å²) in [5.41, 5.74) is 2.89. The number of pyridine rings is 1. The number of aromatic nitrogens is 5. The van der Waals surface area contributed by atoms with E-state index in [-0.39, 0.29) is 6.61 Å². The zero-order valence-corrected chi connectivity index (χ0v) is 17.7. The second-order valence-corrected chi connectivity index (χ2v) is 7.30. The van der Waals surface area contributed by atoms with Crippen molar-refractivity contribution < 1.29 is 14.2 Å². The zero-order chi connectivity index (χ0) is 22.3. The normalized spacial score (nSPS) is 10.8. The number of hydrogen-bond donors (Lipinski definition) is 1. The van der Waals surface area contributed by atoms with Crippen molar-refractivity contribution in [2.45, 2.75) is 19.8 Å². The molecular weight excluding hydrogens is 418 g/mol. The minimum atomic E-state index is 0.262. The molecule has 164 valence electrons. The standard InChI is InChI=1S/C25H21N5O3/c1-2-4-24-19(3-1)7-8-20(26-24)16-32-23-13-11-22(12-14-23)31-15-18-5-9-21(10-6-18)33-17-25-27-29-30-28-25/h1-14H,15-17H2,(H,27,28,29,30). The Kier molecular flexibility index (Phi) is 6.06. The number of nitrogens with one attached hydrogen (secondary N) is 1. The Labute approximate surface area is 190 Å². The first kappa shape index (κ1) is 20.4. The van der Waals surface area contributed by atoms with Gasteiger partial charge in [0, 0.05) is 5.39 Å². The van der Waals surface area contributed by atoms with Gasteiger partial charge in [-0.15, -0.1) is 10.2 Å². The van der Waals surface area contributed by atoms with Crippen LogP contribution in [0.25, 0.3) is 10.9 Å². The van der Waals surface area contributed by atoms with E-state index < -0.39 is 0 Å². The first-order valence-electron chi connectivity index (χ1n) is 10.5. The molecule has 0 bridgehead atoms. The number of aromatic amines is 1. The van der Waals surface area contributed by atoms with E-state index in [4.69, 9.17) is 14.2 Å². The molecule has 0 saturated carbocycles. The summed E-state index contributed by atoms with van der Waals surface area (Å²) < 4.78 is 17.4. The molecule has 2 aromatic heterocycles. The van der Waals surface area contributed by atoms with Crippen molar-refractivity contribution in [3.63, 3.8) is 0 Å². The largest absolute Gasteiger partial charge is 0.489 e. The van der Waals surface area contributed by atoms with Crippen LogP contribution in [-0.2, 0) is 19.8 Å². The quantitative estimate of drug-likeness (QED) is 0.362. The maximum Gasteiger partial charge on any atom is 0.211 e. The second-order valence-electron chi connectivity index (χ2n) is 7.30. The van der Waals surface area contributed by atoms with Crippen LogP contribution in [0.4, 0.5) is 0 Å².